The van der Waals surface area contributed by atoms with Crippen LogP contribution in [-0.4, -0.2) is 27.2 Å². The number of thiazole rings is 1. The molecule has 0 fully saturated rings. The third-order valence-corrected chi connectivity index (χ3v) is 6.71. The highest BCUT2D eigenvalue weighted by atomic mass is 32.1. The van der Waals surface area contributed by atoms with Gasteiger partial charge in [0, 0.05) is 29.0 Å². The van der Waals surface area contributed by atoms with Crippen molar-refractivity contribution < 1.29 is 9.84 Å². The van der Waals surface area contributed by atoms with Gasteiger partial charge in [-0.2, -0.15) is 0 Å². The van der Waals surface area contributed by atoms with Crippen LogP contribution in [0.4, 0.5) is 17.2 Å². The number of fused-ring (bicyclic) bond motifs is 1. The Morgan fingerprint density at radius 1 is 1.03 bits per heavy atom. The van der Waals surface area contributed by atoms with E-state index in [0.717, 1.165) is 49.7 Å². The number of aliphatic hydroxyl groups excluding tert-OH is 1. The van der Waals surface area contributed by atoms with Gasteiger partial charge in [0.05, 0.1) is 12.6 Å². The molecule has 5 rings (SSSR count). The van der Waals surface area contributed by atoms with Gasteiger partial charge < -0.3 is 20.5 Å². The highest BCUT2D eigenvalue weighted by molar-refractivity contribution is 7.16. The summed E-state index contributed by atoms with van der Waals surface area (Å²) in [6, 6.07) is 21.8. The van der Waals surface area contributed by atoms with Crippen molar-refractivity contribution >= 4 is 44.6 Å². The first-order valence-corrected chi connectivity index (χ1v) is 12.7. The minimum Gasteiger partial charge on any atom is -0.508 e. The predicted octanol–water partition coefficient (Wildman–Crippen LogP) is 7.34. The summed E-state index contributed by atoms with van der Waals surface area (Å²) in [5.41, 5.74) is 8.26. The van der Waals surface area contributed by atoms with Crippen LogP contribution in [0.1, 0.15) is 23.6 Å². The fourth-order valence-electron chi connectivity index (χ4n) is 4.02. The number of rotatable bonds is 8. The Kier molecular flexibility index (Phi) is 7.00. The number of allylic oxidation sites excluding steroid dienone is 1. The number of aliphatic hydroxyl groups is 1. The SMILES string of the molecule is C/C=C(/O)c1ccc(NCc2cccc(-c3nc(Nc4ccc(OC)c(C)c4)c4ncsc4n3)c2)cc1. The number of nitrogens with one attached hydrogen (secondary N) is 2. The van der Waals surface area contributed by atoms with Gasteiger partial charge in [-0.3, -0.25) is 0 Å². The average molecular weight is 510 g/mol. The Balaban J connectivity index is 1.38. The smallest absolute Gasteiger partial charge is 0.163 e. The Hall–Kier alpha value is -4.43. The Bertz CT molecular complexity index is 1580. The van der Waals surface area contributed by atoms with Crippen molar-refractivity contribution in [3.05, 3.63) is 95.0 Å². The van der Waals surface area contributed by atoms with Crippen molar-refractivity contribution in [2.24, 2.45) is 0 Å². The molecule has 0 atom stereocenters. The molecular weight excluding hydrogens is 482 g/mol. The lowest BCUT2D eigenvalue weighted by Gasteiger charge is -2.12. The molecule has 0 bridgehead atoms. The summed E-state index contributed by atoms with van der Waals surface area (Å²) in [5, 5.41) is 16.7. The summed E-state index contributed by atoms with van der Waals surface area (Å²) in [6.45, 7) is 4.46. The second-order valence-electron chi connectivity index (χ2n) is 8.52. The largest absolute Gasteiger partial charge is 0.508 e. The maximum absolute atomic E-state index is 9.87. The first-order chi connectivity index (χ1) is 18.0. The first kappa shape index (κ1) is 24.3. The minimum atomic E-state index is 0.271. The third-order valence-electron chi connectivity index (χ3n) is 5.99. The van der Waals surface area contributed by atoms with Crippen LogP contribution in [0, 0.1) is 6.92 Å². The van der Waals surface area contributed by atoms with Gasteiger partial charge in [0.15, 0.2) is 11.6 Å². The molecule has 186 valence electrons. The molecule has 37 heavy (non-hydrogen) atoms. The standard InChI is InChI=1S/C29H27N5O2S/c1-4-24(35)20-8-10-22(11-9-20)30-16-19-6-5-7-21(15-19)27-33-28(26-29(34-27)37-17-31-26)32-23-12-13-25(36-3)18(2)14-23/h4-15,17,30,35H,16H2,1-3H3,(H,32,33,34)/b24-4+. The quantitative estimate of drug-likeness (QED) is 0.188. The number of nitrogens with zero attached hydrogens (tertiary/aromatic N) is 3. The van der Waals surface area contributed by atoms with Crippen LogP contribution >= 0.6 is 11.3 Å². The molecule has 3 N–H and O–H groups in total. The highest BCUT2D eigenvalue weighted by Crippen LogP contribution is 2.30. The van der Waals surface area contributed by atoms with Crippen molar-refractivity contribution in [2.45, 2.75) is 20.4 Å². The topological polar surface area (TPSA) is 92.2 Å². The van der Waals surface area contributed by atoms with E-state index in [2.05, 4.69) is 27.8 Å². The van der Waals surface area contributed by atoms with E-state index in [9.17, 15) is 5.11 Å². The van der Waals surface area contributed by atoms with Gasteiger partial charge in [-0.15, -0.1) is 11.3 Å². The van der Waals surface area contributed by atoms with E-state index >= 15 is 0 Å². The van der Waals surface area contributed by atoms with Crippen LogP contribution in [0.5, 0.6) is 5.75 Å². The molecule has 7 nitrogen and oxygen atoms in total. The molecule has 0 aliphatic rings. The monoisotopic (exact) mass is 509 g/mol. The molecule has 0 radical (unpaired) electrons. The zero-order valence-electron chi connectivity index (χ0n) is 20.8. The lowest BCUT2D eigenvalue weighted by atomic mass is 10.1. The summed E-state index contributed by atoms with van der Waals surface area (Å²) < 4.78 is 5.38. The van der Waals surface area contributed by atoms with Crippen molar-refractivity contribution in [2.75, 3.05) is 17.7 Å². The normalized spacial score (nSPS) is 11.5. The summed E-state index contributed by atoms with van der Waals surface area (Å²) in [4.78, 5) is 14.9. The lowest BCUT2D eigenvalue weighted by Crippen LogP contribution is -2.01. The zero-order valence-corrected chi connectivity index (χ0v) is 21.6. The van der Waals surface area contributed by atoms with Gasteiger partial charge in [-0.25, -0.2) is 15.0 Å². The van der Waals surface area contributed by atoms with Crippen molar-refractivity contribution in [1.82, 2.24) is 15.0 Å². The summed E-state index contributed by atoms with van der Waals surface area (Å²) in [6.07, 6.45) is 1.68. The summed E-state index contributed by atoms with van der Waals surface area (Å²) >= 11 is 1.49. The molecule has 3 aromatic carbocycles. The number of methoxy groups -OCH3 is 1. The van der Waals surface area contributed by atoms with Crippen LogP contribution in [-0.2, 0) is 6.54 Å². The zero-order chi connectivity index (χ0) is 25.8. The van der Waals surface area contributed by atoms with E-state index in [-0.39, 0.29) is 5.76 Å². The number of hydrogen-bond donors (Lipinski definition) is 3. The van der Waals surface area contributed by atoms with Crippen LogP contribution in [0.15, 0.2) is 78.3 Å². The Morgan fingerprint density at radius 3 is 2.59 bits per heavy atom. The maximum atomic E-state index is 9.87. The second kappa shape index (κ2) is 10.7. The van der Waals surface area contributed by atoms with Crippen LogP contribution in [0.25, 0.3) is 27.5 Å². The van der Waals surface area contributed by atoms with Crippen LogP contribution in [0.2, 0.25) is 0 Å². The molecular formula is C29H27N5O2S. The lowest BCUT2D eigenvalue weighted by molar-refractivity contribution is 0.412. The highest BCUT2D eigenvalue weighted by Gasteiger charge is 2.13. The number of ether oxygens (including phenoxy) is 1. The summed E-state index contributed by atoms with van der Waals surface area (Å²) in [7, 11) is 1.67. The van der Waals surface area contributed by atoms with Gasteiger partial charge in [0.25, 0.3) is 0 Å². The molecule has 0 saturated heterocycles. The molecule has 0 spiro atoms. The van der Waals surface area contributed by atoms with Gasteiger partial charge in [-0.1, -0.05) is 18.2 Å². The average Bonchev–Trinajstić information content (AvgIpc) is 3.41. The molecule has 8 heteroatoms. The fourth-order valence-corrected chi connectivity index (χ4v) is 4.68. The Labute approximate surface area is 219 Å². The molecule has 2 aromatic heterocycles. The van der Waals surface area contributed by atoms with Crippen LogP contribution in [0.3, 0.4) is 0 Å². The molecule has 5 aromatic rings. The van der Waals surface area contributed by atoms with Gasteiger partial charge >= 0.3 is 0 Å². The summed E-state index contributed by atoms with van der Waals surface area (Å²) in [5.74, 6) is 2.41. The van der Waals surface area contributed by atoms with Gasteiger partial charge in [-0.05, 0) is 79.6 Å². The fraction of sp³-hybridized carbons (Fsp3) is 0.138. The molecule has 0 unspecified atom stereocenters. The Morgan fingerprint density at radius 2 is 1.84 bits per heavy atom. The van der Waals surface area contributed by atoms with Gasteiger partial charge in [0.2, 0.25) is 0 Å². The molecule has 0 saturated carbocycles. The van der Waals surface area contributed by atoms with E-state index in [1.165, 1.54) is 11.3 Å². The third kappa shape index (κ3) is 5.39. The van der Waals surface area contributed by atoms with E-state index < -0.39 is 0 Å². The van der Waals surface area contributed by atoms with Crippen molar-refractivity contribution in [3.8, 4) is 17.1 Å². The number of aromatic nitrogens is 3. The number of hydrogen-bond acceptors (Lipinski definition) is 8. The van der Waals surface area contributed by atoms with Crippen molar-refractivity contribution in [3.63, 3.8) is 0 Å². The first-order valence-electron chi connectivity index (χ1n) is 11.9. The van der Waals surface area contributed by atoms with E-state index in [1.807, 2.05) is 68.4 Å². The van der Waals surface area contributed by atoms with Crippen molar-refractivity contribution in [1.29, 1.82) is 0 Å². The minimum absolute atomic E-state index is 0.271. The van der Waals surface area contributed by atoms with E-state index in [1.54, 1.807) is 18.7 Å². The van der Waals surface area contributed by atoms with E-state index in [0.29, 0.717) is 18.2 Å². The number of anilines is 3. The maximum Gasteiger partial charge on any atom is 0.163 e. The molecule has 2 heterocycles. The van der Waals surface area contributed by atoms with Gasteiger partial charge in [0.1, 0.15) is 21.9 Å². The second-order valence-corrected chi connectivity index (χ2v) is 9.35. The molecule has 0 amide bonds. The molecule has 0 aliphatic carbocycles. The predicted molar refractivity (Wildman–Crippen MR) is 152 cm³/mol. The number of benzene rings is 3. The van der Waals surface area contributed by atoms with E-state index in [4.69, 9.17) is 14.7 Å². The van der Waals surface area contributed by atoms with Crippen LogP contribution < -0.4 is 15.4 Å². The number of aryl methyl sites for hydroxylation is 1. The molecule has 0 aliphatic heterocycles.